The molecule has 0 aromatic rings. The van der Waals surface area contributed by atoms with Crippen molar-refractivity contribution in [2.75, 3.05) is 13.2 Å². The molecule has 1 N–H and O–H groups in total. The van der Waals surface area contributed by atoms with Crippen LogP contribution in [-0.4, -0.2) is 106 Å². The molecule has 516 valence electrons. The molecule has 5 fully saturated rings. The van der Waals surface area contributed by atoms with Gasteiger partial charge in [0, 0.05) is 12.8 Å². The number of aliphatic carboxylic acids is 1. The molecule has 7 aliphatic rings. The lowest BCUT2D eigenvalue weighted by Crippen LogP contribution is -2.49. The van der Waals surface area contributed by atoms with Gasteiger partial charge in [-0.25, -0.2) is 9.59 Å². The molecule has 0 heterocycles. The number of hydrogen-bond acceptors (Lipinski definition) is 9. The van der Waals surface area contributed by atoms with Crippen LogP contribution in [0.15, 0.2) is 94.2 Å². The van der Waals surface area contributed by atoms with Gasteiger partial charge in [0.15, 0.2) is 33.3 Å². The number of carboxylic acid groups (broad SMARTS) is 1. The van der Waals surface area contributed by atoms with Gasteiger partial charge in [0.25, 0.3) is 0 Å². The molecule has 91 heavy (non-hydrogen) atoms. The number of carboxylic acids is 1. The molecule has 5 saturated carbocycles. The summed E-state index contributed by atoms with van der Waals surface area (Å²) >= 11 is 0. The maximum absolute atomic E-state index is 12.7. The third-order valence-corrected chi connectivity index (χ3v) is 42.6. The summed E-state index contributed by atoms with van der Waals surface area (Å²) in [6.07, 6.45) is 33.2. The molecule has 0 aromatic carbocycles. The Morgan fingerprint density at radius 3 is 1.24 bits per heavy atom. The zero-order valence-electron chi connectivity index (χ0n) is 62.3. The maximum Gasteiger partial charge on any atom is 0.332 e. The van der Waals surface area contributed by atoms with E-state index in [0.29, 0.717) is 11.8 Å². The van der Waals surface area contributed by atoms with E-state index in [1.807, 2.05) is 6.92 Å². The molecule has 10 nitrogen and oxygen atoms in total. The molecule has 1 unspecified atom stereocenters. The Balaban J connectivity index is 0.000000293. The lowest BCUT2D eigenvalue weighted by molar-refractivity contribution is -0.156. The van der Waals surface area contributed by atoms with Crippen molar-refractivity contribution in [3.8, 4) is 0 Å². The fourth-order valence-corrected chi connectivity index (χ4v) is 20.0. The summed E-state index contributed by atoms with van der Waals surface area (Å²) in [7, 11) is -7.94. The van der Waals surface area contributed by atoms with Crippen molar-refractivity contribution in [1.29, 1.82) is 0 Å². The molecule has 0 saturated heterocycles. The van der Waals surface area contributed by atoms with E-state index in [2.05, 4.69) is 206 Å². The average molecular weight is 1330 g/mol. The number of hydrogen-bond donors (Lipinski definition) is 1. The van der Waals surface area contributed by atoms with Crippen molar-refractivity contribution < 1.29 is 46.6 Å². The Morgan fingerprint density at radius 1 is 0.538 bits per heavy atom. The highest BCUT2D eigenvalue weighted by Crippen LogP contribution is 2.58. The second-order valence-electron chi connectivity index (χ2n) is 35.4. The molecule has 0 bridgehead atoms. The number of fused-ring (bicyclic) bond motifs is 2. The second kappa shape index (κ2) is 30.1. The number of carbonyl (C=O) groups is 2. The van der Waals surface area contributed by atoms with E-state index in [1.54, 1.807) is 0 Å². The van der Waals surface area contributed by atoms with Gasteiger partial charge in [-0.1, -0.05) is 171 Å². The zero-order valence-corrected chi connectivity index (χ0v) is 66.3. The summed E-state index contributed by atoms with van der Waals surface area (Å²) in [5.74, 6) is -0.261. The molecule has 0 aliphatic heterocycles. The Hall–Kier alpha value is -2.51. The van der Waals surface area contributed by atoms with Crippen LogP contribution in [0, 0.1) is 22.7 Å². The largest absolute Gasteiger partial charge is 0.480 e. The quantitative estimate of drug-likeness (QED) is 0.0579. The van der Waals surface area contributed by atoms with Gasteiger partial charge in [0.1, 0.15) is 19.3 Å². The summed E-state index contributed by atoms with van der Waals surface area (Å²) in [5.41, 5.74) is 10.5. The van der Waals surface area contributed by atoms with Gasteiger partial charge < -0.3 is 37.0 Å². The van der Waals surface area contributed by atoms with Crippen molar-refractivity contribution >= 4 is 45.2 Å². The molecule has 0 aromatic heterocycles. The SMILES string of the molecule is C=C1C(=CC=C2CCC[C@]3(C)C([C@H](C)OCC(=O)O)=CCC23)C[C@@H](O[Si](C)(C)C(C)(C)C)C[C@@H]1O[Si](C)(C)C(C)(C)C.C=C1C(=CC=C2CCC[C@]3(C)C([C@H](C)OCC(=O)OC4CCCCCC4)=CC[C@@H]23)C[C@@H](O[Si](C)(C)C(C)(C)C)C[C@@H]1O[Si](C)(C)C(C)(C)C. The minimum atomic E-state index is -2.01. The first-order valence-electron chi connectivity index (χ1n) is 35.7. The molecule has 0 spiro atoms. The normalized spacial score (nSPS) is 30.3. The van der Waals surface area contributed by atoms with Crippen LogP contribution in [0.4, 0.5) is 0 Å². The minimum Gasteiger partial charge on any atom is -0.480 e. The molecule has 10 atom stereocenters. The van der Waals surface area contributed by atoms with E-state index in [4.69, 9.17) is 37.0 Å². The average Bonchev–Trinajstić information content (AvgIpc) is 1.67. The summed E-state index contributed by atoms with van der Waals surface area (Å²) < 4.78 is 46.0. The smallest absolute Gasteiger partial charge is 0.332 e. The summed E-state index contributed by atoms with van der Waals surface area (Å²) in [4.78, 5) is 23.8. The van der Waals surface area contributed by atoms with Crippen LogP contribution in [-0.2, 0) is 41.5 Å². The van der Waals surface area contributed by atoms with Crippen LogP contribution in [0.1, 0.15) is 226 Å². The Morgan fingerprint density at radius 2 is 0.890 bits per heavy atom. The van der Waals surface area contributed by atoms with Gasteiger partial charge in [-0.05, 0) is 232 Å². The first-order chi connectivity index (χ1) is 41.7. The van der Waals surface area contributed by atoms with Crippen LogP contribution in [0.5, 0.6) is 0 Å². The molecular weight excluding hydrogens is 1200 g/mol. The van der Waals surface area contributed by atoms with E-state index < -0.39 is 39.2 Å². The molecular formula is C77H132O10Si4. The second-order valence-corrected chi connectivity index (χ2v) is 54.4. The fraction of sp³-hybridized carbons (Fsp3) is 0.766. The van der Waals surface area contributed by atoms with Crippen LogP contribution in [0.25, 0.3) is 0 Å². The highest BCUT2D eigenvalue weighted by molar-refractivity contribution is 6.75. The zero-order chi connectivity index (χ0) is 68.3. The number of carbonyl (C=O) groups excluding carboxylic acids is 1. The first-order valence-corrected chi connectivity index (χ1v) is 47.3. The van der Waals surface area contributed by atoms with Crippen LogP contribution >= 0.6 is 0 Å². The van der Waals surface area contributed by atoms with E-state index in [9.17, 15) is 9.59 Å². The lowest BCUT2D eigenvalue weighted by Gasteiger charge is -2.45. The van der Waals surface area contributed by atoms with Crippen molar-refractivity contribution in [1.82, 2.24) is 0 Å². The van der Waals surface area contributed by atoms with Gasteiger partial charge in [-0.3, -0.25) is 0 Å². The summed E-state index contributed by atoms with van der Waals surface area (Å²) in [6, 6.07) is 0. The predicted molar refractivity (Wildman–Crippen MR) is 390 cm³/mol. The Labute approximate surface area is 560 Å². The third-order valence-electron chi connectivity index (χ3n) is 24.6. The van der Waals surface area contributed by atoms with E-state index >= 15 is 0 Å². The number of rotatable bonds is 19. The Bertz CT molecular complexity index is 2760. The number of allylic oxidation sites excluding steroid dienone is 8. The highest BCUT2D eigenvalue weighted by atomic mass is 28.4. The van der Waals surface area contributed by atoms with E-state index in [0.717, 1.165) is 114 Å². The van der Waals surface area contributed by atoms with Crippen LogP contribution in [0.3, 0.4) is 0 Å². The molecule has 7 rings (SSSR count). The van der Waals surface area contributed by atoms with Gasteiger partial charge in [-0.2, -0.15) is 0 Å². The summed E-state index contributed by atoms with van der Waals surface area (Å²) in [5, 5.41) is 9.67. The van der Waals surface area contributed by atoms with E-state index in [-0.39, 0.29) is 92.9 Å². The van der Waals surface area contributed by atoms with Gasteiger partial charge in [-0.15, -0.1) is 0 Å². The van der Waals surface area contributed by atoms with Crippen molar-refractivity contribution in [3.63, 3.8) is 0 Å². The van der Waals surface area contributed by atoms with Crippen LogP contribution in [0.2, 0.25) is 72.5 Å². The fourth-order valence-electron chi connectivity index (χ4n) is 14.6. The van der Waals surface area contributed by atoms with Gasteiger partial charge in [0.2, 0.25) is 0 Å². The molecule has 0 radical (unpaired) electrons. The molecule has 7 aliphatic carbocycles. The molecule has 14 heteroatoms. The number of esters is 1. The van der Waals surface area contributed by atoms with E-state index in [1.165, 1.54) is 46.3 Å². The lowest BCUT2D eigenvalue weighted by atomic mass is 9.63. The van der Waals surface area contributed by atoms with Crippen molar-refractivity contribution in [2.45, 2.75) is 342 Å². The summed E-state index contributed by atoms with van der Waals surface area (Å²) in [6.45, 7) is 64.5. The van der Waals surface area contributed by atoms with Gasteiger partial charge >= 0.3 is 11.9 Å². The minimum absolute atomic E-state index is 0.00599. The Kier molecular flexibility index (Phi) is 25.6. The maximum atomic E-state index is 12.7. The van der Waals surface area contributed by atoms with Crippen LogP contribution < -0.4 is 0 Å². The standard InChI is InChI=1S/C42H72O5Si2.C35H60O5Si2/c1-30-33(27-35(46-48(10,11)40(3,4)5)28-38(30)47-49(12,13)41(6,7)8)23-22-32-19-18-26-42(9)36(24-25-37(32)42)31(2)44-29-39(43)45-34-20-16-14-15-17-21-34;1-24-27(17-16-26-15-14-20-35(9)29(18-19-30(26)35)25(2)38-23-32(36)37)21-28(39-41(10,11)33(3,4)5)22-31(24)40-42(12,13)34(6,7)8/h22-24,31,34-35,37-38H,1,14-21,25-29H2,2-13H3;16-18,25,28,30-31H,1,14-15,19-23H2,2-13H3,(H,36,37)/t31-,35+,37-,38-,42+;25-,28+,30?,31-,35+/m00/s1. The first kappa shape index (κ1) is 77.5. The monoisotopic (exact) mass is 1330 g/mol. The highest BCUT2D eigenvalue weighted by Gasteiger charge is 2.50. The van der Waals surface area contributed by atoms with Gasteiger partial charge in [0.05, 0.1) is 36.6 Å². The third kappa shape index (κ3) is 19.2. The van der Waals surface area contributed by atoms with Crippen molar-refractivity contribution in [2.24, 2.45) is 22.7 Å². The van der Waals surface area contributed by atoms with Crippen molar-refractivity contribution in [3.05, 3.63) is 94.2 Å². The molecule has 0 amide bonds. The number of ether oxygens (including phenoxy) is 3. The topological polar surface area (TPSA) is 119 Å². The predicted octanol–water partition coefficient (Wildman–Crippen LogP) is 21.4.